The van der Waals surface area contributed by atoms with Crippen LogP contribution >= 0.6 is 0 Å². The molecule has 3 rings (SSSR count). The molecule has 3 amide bonds. The van der Waals surface area contributed by atoms with E-state index in [2.05, 4.69) is 20.5 Å². The summed E-state index contributed by atoms with van der Waals surface area (Å²) in [5, 5.41) is 5.85. The van der Waals surface area contributed by atoms with Crippen LogP contribution in [-0.4, -0.2) is 60.1 Å². The molecule has 1 aromatic heterocycles. The third-order valence-corrected chi connectivity index (χ3v) is 4.97. The van der Waals surface area contributed by atoms with Crippen LogP contribution in [0.5, 0.6) is 0 Å². The van der Waals surface area contributed by atoms with Crippen LogP contribution in [0.25, 0.3) is 0 Å². The lowest BCUT2D eigenvalue weighted by Gasteiger charge is -2.35. The molecule has 0 radical (unpaired) electrons. The van der Waals surface area contributed by atoms with E-state index in [1.54, 1.807) is 18.0 Å². The van der Waals surface area contributed by atoms with E-state index in [0.717, 1.165) is 31.7 Å². The number of hydrogen-bond donors (Lipinski definition) is 2. The van der Waals surface area contributed by atoms with Gasteiger partial charge in [-0.05, 0) is 31.9 Å². The summed E-state index contributed by atoms with van der Waals surface area (Å²) in [4.78, 5) is 32.9. The molecule has 136 valence electrons. The number of carbonyl (C=O) groups is 2. The third kappa shape index (κ3) is 4.61. The molecule has 2 heterocycles. The molecule has 2 N–H and O–H groups in total. The Labute approximate surface area is 148 Å². The van der Waals surface area contributed by atoms with Crippen molar-refractivity contribution in [1.29, 1.82) is 0 Å². The van der Waals surface area contributed by atoms with Crippen LogP contribution in [0.15, 0.2) is 24.4 Å². The van der Waals surface area contributed by atoms with E-state index in [9.17, 15) is 9.59 Å². The lowest BCUT2D eigenvalue weighted by atomic mass is 10.2. The normalized spacial score (nSPS) is 19.6. The first kappa shape index (κ1) is 17.5. The van der Waals surface area contributed by atoms with Crippen LogP contribution in [0, 0.1) is 0 Å². The third-order valence-electron chi connectivity index (χ3n) is 4.97. The SMILES string of the molecule is C[C@H](NC(=O)N1CCN(c2ccccn2)CC1)C(=O)NC1CCCC1. The van der Waals surface area contributed by atoms with Crippen molar-refractivity contribution < 1.29 is 9.59 Å². The van der Waals surface area contributed by atoms with Crippen LogP contribution in [-0.2, 0) is 4.79 Å². The van der Waals surface area contributed by atoms with Crippen LogP contribution in [0.4, 0.5) is 10.6 Å². The maximum absolute atomic E-state index is 12.4. The number of piperazine rings is 1. The Kier molecular flexibility index (Phi) is 5.73. The molecule has 1 aromatic rings. The maximum atomic E-state index is 12.4. The Morgan fingerprint density at radius 1 is 1.16 bits per heavy atom. The van der Waals surface area contributed by atoms with Crippen LogP contribution in [0.3, 0.4) is 0 Å². The van der Waals surface area contributed by atoms with Gasteiger partial charge in [-0.15, -0.1) is 0 Å². The van der Waals surface area contributed by atoms with E-state index in [1.807, 2.05) is 18.2 Å². The minimum Gasteiger partial charge on any atom is -0.353 e. The van der Waals surface area contributed by atoms with E-state index in [4.69, 9.17) is 0 Å². The number of anilines is 1. The van der Waals surface area contributed by atoms with Crippen LogP contribution in [0.2, 0.25) is 0 Å². The van der Waals surface area contributed by atoms with Gasteiger partial charge in [0.15, 0.2) is 0 Å². The van der Waals surface area contributed by atoms with Gasteiger partial charge < -0.3 is 20.4 Å². The molecular formula is C18H27N5O2. The molecule has 1 saturated carbocycles. The van der Waals surface area contributed by atoms with Crippen LogP contribution < -0.4 is 15.5 Å². The number of amides is 3. The highest BCUT2D eigenvalue weighted by molar-refractivity contribution is 5.87. The zero-order valence-corrected chi connectivity index (χ0v) is 14.8. The minimum absolute atomic E-state index is 0.0904. The molecule has 1 saturated heterocycles. The fourth-order valence-corrected chi connectivity index (χ4v) is 3.42. The molecule has 1 aliphatic carbocycles. The molecule has 0 unspecified atom stereocenters. The predicted octanol–water partition coefficient (Wildman–Crippen LogP) is 1.36. The highest BCUT2D eigenvalue weighted by atomic mass is 16.2. The molecule has 2 fully saturated rings. The lowest BCUT2D eigenvalue weighted by molar-refractivity contribution is -0.123. The Bertz CT molecular complexity index is 580. The Hall–Kier alpha value is -2.31. The number of aromatic nitrogens is 1. The molecule has 0 aromatic carbocycles. The van der Waals surface area contributed by atoms with E-state index < -0.39 is 6.04 Å². The lowest BCUT2D eigenvalue weighted by Crippen LogP contribution is -2.56. The second-order valence-electron chi connectivity index (χ2n) is 6.82. The molecule has 1 atom stereocenters. The predicted molar refractivity (Wildman–Crippen MR) is 96.4 cm³/mol. The van der Waals surface area contributed by atoms with Gasteiger partial charge in [-0.1, -0.05) is 18.9 Å². The number of nitrogens with one attached hydrogen (secondary N) is 2. The van der Waals surface area contributed by atoms with Gasteiger partial charge in [0.05, 0.1) is 0 Å². The van der Waals surface area contributed by atoms with E-state index >= 15 is 0 Å². The van der Waals surface area contributed by atoms with Crippen molar-refractivity contribution in [2.24, 2.45) is 0 Å². The van der Waals surface area contributed by atoms with E-state index in [0.29, 0.717) is 13.1 Å². The van der Waals surface area contributed by atoms with Crippen molar-refractivity contribution in [3.63, 3.8) is 0 Å². The summed E-state index contributed by atoms with van der Waals surface area (Å²) in [7, 11) is 0. The summed E-state index contributed by atoms with van der Waals surface area (Å²) in [5.41, 5.74) is 0. The molecule has 0 bridgehead atoms. The molecule has 7 heteroatoms. The summed E-state index contributed by atoms with van der Waals surface area (Å²) in [5.74, 6) is 0.847. The van der Waals surface area contributed by atoms with Gasteiger partial charge >= 0.3 is 6.03 Å². The van der Waals surface area contributed by atoms with Crippen molar-refractivity contribution >= 4 is 17.8 Å². The quantitative estimate of drug-likeness (QED) is 0.864. The molecule has 2 aliphatic rings. The monoisotopic (exact) mass is 345 g/mol. The molecular weight excluding hydrogens is 318 g/mol. The fraction of sp³-hybridized carbons (Fsp3) is 0.611. The highest BCUT2D eigenvalue weighted by Crippen LogP contribution is 2.17. The highest BCUT2D eigenvalue weighted by Gasteiger charge is 2.26. The van der Waals surface area contributed by atoms with Crippen LogP contribution in [0.1, 0.15) is 32.6 Å². The molecule has 0 spiro atoms. The summed E-state index contributed by atoms with van der Waals surface area (Å²) in [6, 6.07) is 5.42. The zero-order valence-electron chi connectivity index (χ0n) is 14.8. The van der Waals surface area contributed by atoms with Gasteiger partial charge in [-0.2, -0.15) is 0 Å². The first-order valence-corrected chi connectivity index (χ1v) is 9.15. The van der Waals surface area contributed by atoms with Gasteiger partial charge in [-0.25, -0.2) is 9.78 Å². The van der Waals surface area contributed by atoms with E-state index in [1.165, 1.54) is 12.8 Å². The number of pyridine rings is 1. The molecule has 25 heavy (non-hydrogen) atoms. The van der Waals surface area contributed by atoms with Crippen molar-refractivity contribution in [1.82, 2.24) is 20.5 Å². The van der Waals surface area contributed by atoms with Gasteiger partial charge in [0.1, 0.15) is 11.9 Å². The number of carbonyl (C=O) groups excluding carboxylic acids is 2. The minimum atomic E-state index is -0.512. The van der Waals surface area contributed by atoms with Gasteiger partial charge in [0.2, 0.25) is 5.91 Å². The van der Waals surface area contributed by atoms with Gasteiger partial charge in [0.25, 0.3) is 0 Å². The van der Waals surface area contributed by atoms with E-state index in [-0.39, 0.29) is 18.0 Å². The summed E-state index contributed by atoms with van der Waals surface area (Å²) >= 11 is 0. The topological polar surface area (TPSA) is 77.6 Å². The fourth-order valence-electron chi connectivity index (χ4n) is 3.42. The smallest absolute Gasteiger partial charge is 0.318 e. The average Bonchev–Trinajstić information content (AvgIpc) is 3.15. The Morgan fingerprint density at radius 3 is 2.52 bits per heavy atom. The molecule has 7 nitrogen and oxygen atoms in total. The first-order valence-electron chi connectivity index (χ1n) is 9.15. The second kappa shape index (κ2) is 8.18. The van der Waals surface area contributed by atoms with Crippen molar-refractivity contribution in [2.75, 3.05) is 31.1 Å². The first-order chi connectivity index (χ1) is 12.1. The summed E-state index contributed by atoms with van der Waals surface area (Å²) in [6.45, 7) is 4.48. The summed E-state index contributed by atoms with van der Waals surface area (Å²) < 4.78 is 0. The zero-order chi connectivity index (χ0) is 17.6. The standard InChI is InChI=1S/C18H27N5O2/c1-14(17(24)21-15-6-2-3-7-15)20-18(25)23-12-10-22(11-13-23)16-8-4-5-9-19-16/h4-5,8-9,14-15H,2-3,6-7,10-13H2,1H3,(H,20,25)(H,21,24)/t14-/m0/s1. The Morgan fingerprint density at radius 2 is 1.88 bits per heavy atom. The summed E-state index contributed by atoms with van der Waals surface area (Å²) in [6.07, 6.45) is 6.21. The largest absolute Gasteiger partial charge is 0.353 e. The molecule has 1 aliphatic heterocycles. The maximum Gasteiger partial charge on any atom is 0.318 e. The number of hydrogen-bond acceptors (Lipinski definition) is 4. The average molecular weight is 345 g/mol. The van der Waals surface area contributed by atoms with Gasteiger partial charge in [0, 0.05) is 38.4 Å². The number of urea groups is 1. The van der Waals surface area contributed by atoms with Crippen molar-refractivity contribution in [3.8, 4) is 0 Å². The second-order valence-corrected chi connectivity index (χ2v) is 6.82. The van der Waals surface area contributed by atoms with Gasteiger partial charge in [-0.3, -0.25) is 4.79 Å². The van der Waals surface area contributed by atoms with Crippen molar-refractivity contribution in [2.45, 2.75) is 44.7 Å². The van der Waals surface area contributed by atoms with Crippen molar-refractivity contribution in [3.05, 3.63) is 24.4 Å². The number of rotatable bonds is 4. The Balaban J connectivity index is 1.43. The number of nitrogens with zero attached hydrogens (tertiary/aromatic N) is 3.